The average molecular weight is 159 g/mol. The first kappa shape index (κ1) is 10.9. The molecule has 68 valence electrons. The first-order chi connectivity index (χ1) is 5.02. The molecule has 0 spiro atoms. The van der Waals surface area contributed by atoms with E-state index in [9.17, 15) is 0 Å². The summed E-state index contributed by atoms with van der Waals surface area (Å²) in [5.74, 6) is 0. The summed E-state index contributed by atoms with van der Waals surface area (Å²) in [7, 11) is 3.75. The molecule has 0 aromatic heterocycles. The zero-order valence-corrected chi connectivity index (χ0v) is 8.40. The van der Waals surface area contributed by atoms with Gasteiger partial charge in [-0.1, -0.05) is 13.8 Å². The van der Waals surface area contributed by atoms with Gasteiger partial charge in [0.1, 0.15) is 0 Å². The Bertz CT molecular complexity index is 102. The summed E-state index contributed by atoms with van der Waals surface area (Å²) in [6, 6.07) is 0.570. The second-order valence-electron chi connectivity index (χ2n) is 3.99. The van der Waals surface area contributed by atoms with Crippen LogP contribution in [0.25, 0.3) is 0 Å². The molecule has 0 saturated heterocycles. The zero-order chi connectivity index (χ0) is 8.91. The van der Waals surface area contributed by atoms with E-state index < -0.39 is 0 Å². The first-order valence-corrected chi connectivity index (χ1v) is 4.18. The topological polar surface area (TPSA) is 21.3 Å². The second-order valence-corrected chi connectivity index (χ2v) is 3.99. The van der Waals surface area contributed by atoms with Crippen molar-refractivity contribution in [1.29, 1.82) is 0 Å². The molecule has 0 aliphatic carbocycles. The Kier molecular flexibility index (Phi) is 4.69. The number of nitrogens with one attached hydrogen (secondary N) is 1. The lowest BCUT2D eigenvalue weighted by Gasteiger charge is -2.26. The van der Waals surface area contributed by atoms with E-state index >= 15 is 0 Å². The summed E-state index contributed by atoms with van der Waals surface area (Å²) in [4.78, 5) is 0. The fraction of sp³-hybridized carbons (Fsp3) is 1.00. The zero-order valence-electron chi connectivity index (χ0n) is 8.40. The van der Waals surface area contributed by atoms with Crippen molar-refractivity contribution < 1.29 is 4.74 Å². The largest absolute Gasteiger partial charge is 0.384 e. The Balaban J connectivity index is 3.70. The molecule has 0 amide bonds. The van der Waals surface area contributed by atoms with Gasteiger partial charge >= 0.3 is 0 Å². The average Bonchev–Trinajstić information content (AvgIpc) is 1.86. The van der Waals surface area contributed by atoms with E-state index in [1.165, 1.54) is 0 Å². The molecule has 0 aliphatic rings. The maximum atomic E-state index is 5.12. The monoisotopic (exact) mass is 159 g/mol. The maximum absolute atomic E-state index is 5.12. The van der Waals surface area contributed by atoms with Gasteiger partial charge in [0.2, 0.25) is 0 Å². The molecular formula is C9H21NO. The van der Waals surface area contributed by atoms with Crippen molar-refractivity contribution in [2.45, 2.75) is 33.2 Å². The van der Waals surface area contributed by atoms with Crippen molar-refractivity contribution in [2.75, 3.05) is 20.8 Å². The van der Waals surface area contributed by atoms with Crippen molar-refractivity contribution in [1.82, 2.24) is 5.32 Å². The summed E-state index contributed by atoms with van der Waals surface area (Å²) in [6.07, 6.45) is 1.15. The van der Waals surface area contributed by atoms with E-state index in [1.54, 1.807) is 7.11 Å². The molecule has 2 heteroatoms. The number of hydrogen-bond acceptors (Lipinski definition) is 2. The molecule has 2 nitrogen and oxygen atoms in total. The van der Waals surface area contributed by atoms with Gasteiger partial charge in [0.05, 0.1) is 6.61 Å². The van der Waals surface area contributed by atoms with E-state index in [1.807, 2.05) is 7.05 Å². The smallest absolute Gasteiger partial charge is 0.0513 e. The molecule has 0 aliphatic heterocycles. The van der Waals surface area contributed by atoms with Crippen LogP contribution in [-0.4, -0.2) is 26.8 Å². The van der Waals surface area contributed by atoms with Crippen molar-refractivity contribution in [3.63, 3.8) is 0 Å². The molecule has 0 aromatic carbocycles. The molecule has 1 N–H and O–H groups in total. The van der Waals surface area contributed by atoms with Crippen LogP contribution in [0.15, 0.2) is 0 Å². The van der Waals surface area contributed by atoms with Crippen LogP contribution >= 0.6 is 0 Å². The SMILES string of the molecule is CNC(C)CC(C)(C)COC. The minimum Gasteiger partial charge on any atom is -0.384 e. The molecule has 0 aromatic rings. The van der Waals surface area contributed by atoms with Crippen molar-refractivity contribution in [2.24, 2.45) is 5.41 Å². The lowest BCUT2D eigenvalue weighted by molar-refractivity contribution is 0.0920. The van der Waals surface area contributed by atoms with Crippen LogP contribution < -0.4 is 5.32 Å². The Morgan fingerprint density at radius 1 is 1.45 bits per heavy atom. The summed E-state index contributed by atoms with van der Waals surface area (Å²) < 4.78 is 5.12. The predicted molar refractivity (Wildman–Crippen MR) is 48.8 cm³/mol. The summed E-state index contributed by atoms with van der Waals surface area (Å²) in [6.45, 7) is 7.48. The van der Waals surface area contributed by atoms with Crippen LogP contribution in [0.3, 0.4) is 0 Å². The maximum Gasteiger partial charge on any atom is 0.0513 e. The van der Waals surface area contributed by atoms with E-state index in [0.717, 1.165) is 13.0 Å². The Hall–Kier alpha value is -0.0800. The highest BCUT2D eigenvalue weighted by molar-refractivity contribution is 4.73. The predicted octanol–water partition coefficient (Wildman–Crippen LogP) is 1.66. The molecule has 1 unspecified atom stereocenters. The molecule has 1 atom stereocenters. The van der Waals surface area contributed by atoms with Crippen LogP contribution in [-0.2, 0) is 4.74 Å². The van der Waals surface area contributed by atoms with Crippen LogP contribution in [0, 0.1) is 5.41 Å². The third-order valence-corrected chi connectivity index (χ3v) is 1.89. The normalized spacial score (nSPS) is 15.0. The molecule has 0 fully saturated rings. The van der Waals surface area contributed by atoms with E-state index in [4.69, 9.17) is 4.74 Å². The van der Waals surface area contributed by atoms with Crippen molar-refractivity contribution in [3.05, 3.63) is 0 Å². The fourth-order valence-electron chi connectivity index (χ4n) is 1.38. The highest BCUT2D eigenvalue weighted by Crippen LogP contribution is 2.21. The molecular weight excluding hydrogens is 138 g/mol. The Morgan fingerprint density at radius 3 is 2.36 bits per heavy atom. The van der Waals surface area contributed by atoms with Gasteiger partial charge in [0, 0.05) is 13.2 Å². The van der Waals surface area contributed by atoms with Gasteiger partial charge < -0.3 is 10.1 Å². The minimum absolute atomic E-state index is 0.289. The van der Waals surface area contributed by atoms with Crippen molar-refractivity contribution in [3.8, 4) is 0 Å². The van der Waals surface area contributed by atoms with Crippen LogP contribution in [0.5, 0.6) is 0 Å². The van der Waals surface area contributed by atoms with E-state index in [2.05, 4.69) is 26.1 Å². The van der Waals surface area contributed by atoms with Gasteiger partial charge in [-0.3, -0.25) is 0 Å². The summed E-state index contributed by atoms with van der Waals surface area (Å²) >= 11 is 0. The second kappa shape index (κ2) is 4.73. The summed E-state index contributed by atoms with van der Waals surface area (Å²) in [5.41, 5.74) is 0.289. The Morgan fingerprint density at radius 2 is 2.00 bits per heavy atom. The molecule has 0 radical (unpaired) electrons. The van der Waals surface area contributed by atoms with Crippen LogP contribution in [0.2, 0.25) is 0 Å². The third kappa shape index (κ3) is 5.22. The molecule has 0 bridgehead atoms. The fourth-order valence-corrected chi connectivity index (χ4v) is 1.38. The number of ether oxygens (including phenoxy) is 1. The van der Waals surface area contributed by atoms with Gasteiger partial charge in [-0.25, -0.2) is 0 Å². The van der Waals surface area contributed by atoms with E-state index in [-0.39, 0.29) is 5.41 Å². The molecule has 11 heavy (non-hydrogen) atoms. The number of hydrogen-bond donors (Lipinski definition) is 1. The highest BCUT2D eigenvalue weighted by atomic mass is 16.5. The molecule has 0 heterocycles. The quantitative estimate of drug-likeness (QED) is 0.658. The Labute approximate surface area is 70.3 Å². The van der Waals surface area contributed by atoms with Gasteiger partial charge in [0.15, 0.2) is 0 Å². The van der Waals surface area contributed by atoms with Crippen LogP contribution in [0.4, 0.5) is 0 Å². The van der Waals surface area contributed by atoms with E-state index in [0.29, 0.717) is 6.04 Å². The van der Waals surface area contributed by atoms with Gasteiger partial charge in [0.25, 0.3) is 0 Å². The first-order valence-electron chi connectivity index (χ1n) is 4.18. The van der Waals surface area contributed by atoms with Gasteiger partial charge in [-0.05, 0) is 25.8 Å². The van der Waals surface area contributed by atoms with Crippen LogP contribution in [0.1, 0.15) is 27.2 Å². The summed E-state index contributed by atoms with van der Waals surface area (Å²) in [5, 5.41) is 3.22. The van der Waals surface area contributed by atoms with Crippen molar-refractivity contribution >= 4 is 0 Å². The minimum atomic E-state index is 0.289. The lowest BCUT2D eigenvalue weighted by atomic mass is 9.87. The standard InChI is InChI=1S/C9H21NO/c1-8(10-4)6-9(2,3)7-11-5/h8,10H,6-7H2,1-5H3. The lowest BCUT2D eigenvalue weighted by Crippen LogP contribution is -2.30. The molecule has 0 saturated carbocycles. The van der Waals surface area contributed by atoms with Gasteiger partial charge in [-0.15, -0.1) is 0 Å². The highest BCUT2D eigenvalue weighted by Gasteiger charge is 2.19. The molecule has 0 rings (SSSR count). The third-order valence-electron chi connectivity index (χ3n) is 1.89. The number of rotatable bonds is 5. The number of methoxy groups -OCH3 is 1. The van der Waals surface area contributed by atoms with Gasteiger partial charge in [-0.2, -0.15) is 0 Å².